The van der Waals surface area contributed by atoms with Gasteiger partial charge in [-0.15, -0.1) is 0 Å². The Bertz CT molecular complexity index is 675. The lowest BCUT2D eigenvalue weighted by atomic mass is 10.3. The zero-order valence-electron chi connectivity index (χ0n) is 11.5. The van der Waals surface area contributed by atoms with Crippen LogP contribution in [-0.4, -0.2) is 27.0 Å². The van der Waals surface area contributed by atoms with Gasteiger partial charge in [0.2, 0.25) is 0 Å². The van der Waals surface area contributed by atoms with Crippen LogP contribution in [0, 0.1) is 0 Å². The second kappa shape index (κ2) is 6.26. The number of aryl methyl sites for hydroxylation is 1. The quantitative estimate of drug-likeness (QED) is 0.619. The molecule has 1 aromatic carbocycles. The summed E-state index contributed by atoms with van der Waals surface area (Å²) in [7, 11) is 1.33. The van der Waals surface area contributed by atoms with Crippen LogP contribution in [0.1, 0.15) is 13.3 Å². The summed E-state index contributed by atoms with van der Waals surface area (Å²) in [6, 6.07) is 7.60. The Labute approximate surface area is 125 Å². The maximum Gasteiger partial charge on any atom is 0.329 e. The fraction of sp³-hybridized carbons (Fsp3) is 0.429. The van der Waals surface area contributed by atoms with E-state index in [1.807, 2.05) is 31.2 Å². The van der Waals surface area contributed by atoms with E-state index in [1.165, 1.54) is 7.11 Å². The molecule has 0 aliphatic carbocycles. The van der Waals surface area contributed by atoms with Crippen LogP contribution in [0.5, 0.6) is 0 Å². The van der Waals surface area contributed by atoms with Gasteiger partial charge < -0.3 is 4.74 Å². The van der Waals surface area contributed by atoms with Crippen molar-refractivity contribution < 1.29 is 9.53 Å². The molecule has 0 radical (unpaired) electrons. The van der Waals surface area contributed by atoms with Crippen LogP contribution in [0.3, 0.4) is 0 Å². The molecule has 6 heteroatoms. The third kappa shape index (κ3) is 2.65. The molecule has 0 aliphatic heterocycles. The van der Waals surface area contributed by atoms with Crippen molar-refractivity contribution in [1.82, 2.24) is 9.13 Å². The predicted molar refractivity (Wildman–Crippen MR) is 81.2 cm³/mol. The summed E-state index contributed by atoms with van der Waals surface area (Å²) in [5, 5.41) is 0. The maximum atomic E-state index is 12.5. The number of nitrogens with zero attached hydrogens (tertiary/aromatic N) is 2. The van der Waals surface area contributed by atoms with Crippen LogP contribution in [0.25, 0.3) is 11.0 Å². The van der Waals surface area contributed by atoms with E-state index in [-0.39, 0.29) is 18.2 Å². The summed E-state index contributed by atoms with van der Waals surface area (Å²) in [6.45, 7) is 2.94. The second-order valence-electron chi connectivity index (χ2n) is 4.52. The average Bonchev–Trinajstić information content (AvgIpc) is 2.72. The van der Waals surface area contributed by atoms with Gasteiger partial charge in [0.15, 0.2) is 0 Å². The van der Waals surface area contributed by atoms with Crippen molar-refractivity contribution in [3.8, 4) is 0 Å². The minimum atomic E-state index is -0.536. The maximum absolute atomic E-state index is 12.5. The molecule has 20 heavy (non-hydrogen) atoms. The van der Waals surface area contributed by atoms with Crippen LogP contribution in [0.15, 0.2) is 29.1 Å². The molecule has 2 aromatic rings. The number of halogens is 1. The number of carbonyl (C=O) groups excluding carboxylic acids is 1. The van der Waals surface area contributed by atoms with Gasteiger partial charge in [-0.3, -0.25) is 13.9 Å². The average molecular weight is 341 g/mol. The van der Waals surface area contributed by atoms with Gasteiger partial charge in [0.05, 0.1) is 24.7 Å². The van der Waals surface area contributed by atoms with E-state index in [0.717, 1.165) is 17.5 Å². The van der Waals surface area contributed by atoms with Gasteiger partial charge in [-0.05, 0) is 18.6 Å². The molecule has 0 amide bonds. The molecule has 0 fully saturated rings. The number of hydrogen-bond donors (Lipinski definition) is 0. The monoisotopic (exact) mass is 340 g/mol. The Morgan fingerprint density at radius 1 is 1.30 bits per heavy atom. The van der Waals surface area contributed by atoms with E-state index < -0.39 is 4.83 Å². The highest BCUT2D eigenvalue weighted by Gasteiger charge is 2.20. The number of ether oxygens (including phenoxy) is 1. The van der Waals surface area contributed by atoms with E-state index in [0.29, 0.717) is 6.54 Å². The minimum absolute atomic E-state index is 0.0959. The first-order valence-corrected chi connectivity index (χ1v) is 7.41. The molecule has 1 atom stereocenters. The van der Waals surface area contributed by atoms with Crippen molar-refractivity contribution in [2.45, 2.75) is 31.3 Å². The van der Waals surface area contributed by atoms with Gasteiger partial charge in [0, 0.05) is 6.54 Å². The molecule has 0 N–H and O–H groups in total. The highest BCUT2D eigenvalue weighted by Crippen LogP contribution is 2.15. The lowest BCUT2D eigenvalue weighted by Crippen LogP contribution is -2.30. The van der Waals surface area contributed by atoms with Gasteiger partial charge in [0.25, 0.3) is 0 Å². The topological polar surface area (TPSA) is 53.2 Å². The van der Waals surface area contributed by atoms with Crippen molar-refractivity contribution in [3.05, 3.63) is 34.7 Å². The summed E-state index contributed by atoms with van der Waals surface area (Å²) in [5.41, 5.74) is 1.63. The highest BCUT2D eigenvalue weighted by atomic mass is 79.9. The summed E-state index contributed by atoms with van der Waals surface area (Å²) in [4.78, 5) is 23.4. The molecule has 2 rings (SSSR count). The predicted octanol–water partition coefficient (Wildman–Crippen LogP) is 2.15. The smallest absolute Gasteiger partial charge is 0.329 e. The number of imidazole rings is 1. The minimum Gasteiger partial charge on any atom is -0.468 e. The Morgan fingerprint density at radius 2 is 1.90 bits per heavy atom. The Kier molecular flexibility index (Phi) is 4.65. The van der Waals surface area contributed by atoms with E-state index in [9.17, 15) is 9.59 Å². The number of para-hydroxylation sites is 2. The van der Waals surface area contributed by atoms with E-state index >= 15 is 0 Å². The van der Waals surface area contributed by atoms with E-state index in [4.69, 9.17) is 0 Å². The zero-order valence-corrected chi connectivity index (χ0v) is 13.1. The first-order chi connectivity index (χ1) is 9.60. The summed E-state index contributed by atoms with van der Waals surface area (Å²) >= 11 is 3.26. The first kappa shape index (κ1) is 14.8. The molecule has 5 nitrogen and oxygen atoms in total. The van der Waals surface area contributed by atoms with Crippen molar-refractivity contribution in [2.24, 2.45) is 0 Å². The third-order valence-corrected chi connectivity index (χ3v) is 3.84. The van der Waals surface area contributed by atoms with Gasteiger partial charge in [0.1, 0.15) is 4.83 Å². The normalized spacial score (nSPS) is 12.6. The second-order valence-corrected chi connectivity index (χ2v) is 5.63. The Hall–Kier alpha value is -1.56. The number of aromatic nitrogens is 2. The lowest BCUT2D eigenvalue weighted by Gasteiger charge is -2.08. The van der Waals surface area contributed by atoms with Gasteiger partial charge in [-0.2, -0.15) is 0 Å². The number of rotatable bonds is 5. The lowest BCUT2D eigenvalue weighted by molar-refractivity contribution is -0.140. The number of alkyl halides is 1. The van der Waals surface area contributed by atoms with Crippen molar-refractivity contribution in [1.29, 1.82) is 0 Å². The van der Waals surface area contributed by atoms with E-state index in [1.54, 1.807) is 9.13 Å². The molecule has 0 saturated carbocycles. The zero-order chi connectivity index (χ0) is 14.7. The number of fused-ring (bicyclic) bond motifs is 1. The largest absolute Gasteiger partial charge is 0.468 e. The van der Waals surface area contributed by atoms with Crippen LogP contribution in [-0.2, 0) is 22.6 Å². The molecule has 0 spiro atoms. The highest BCUT2D eigenvalue weighted by molar-refractivity contribution is 9.10. The molecule has 1 unspecified atom stereocenters. The first-order valence-electron chi connectivity index (χ1n) is 6.50. The Balaban J connectivity index is 2.50. The van der Waals surface area contributed by atoms with Gasteiger partial charge >= 0.3 is 11.7 Å². The molecule has 1 heterocycles. The molecule has 108 valence electrons. The molecular formula is C14H17BrN2O3. The summed E-state index contributed by atoms with van der Waals surface area (Å²) in [5.74, 6) is -0.385. The van der Waals surface area contributed by atoms with Crippen molar-refractivity contribution in [2.75, 3.05) is 7.11 Å². The molecule has 0 bridgehead atoms. The van der Waals surface area contributed by atoms with Crippen LogP contribution >= 0.6 is 15.9 Å². The fourth-order valence-electron chi connectivity index (χ4n) is 2.25. The molecule has 1 aromatic heterocycles. The van der Waals surface area contributed by atoms with Crippen LogP contribution in [0.2, 0.25) is 0 Å². The standard InChI is InChI=1S/C14H17BrN2O3/c1-3-8-16-11-6-4-5-7-12(11)17(14(16)19)9-10(15)13(18)20-2/h4-7,10H,3,8-9H2,1-2H3. The van der Waals surface area contributed by atoms with Crippen LogP contribution in [0.4, 0.5) is 0 Å². The number of carbonyl (C=O) groups is 1. The number of hydrogen-bond acceptors (Lipinski definition) is 3. The number of esters is 1. The number of benzene rings is 1. The summed E-state index contributed by atoms with van der Waals surface area (Å²) < 4.78 is 8.04. The van der Waals surface area contributed by atoms with Gasteiger partial charge in [-0.1, -0.05) is 35.0 Å². The fourth-order valence-corrected chi connectivity index (χ4v) is 2.73. The summed E-state index contributed by atoms with van der Waals surface area (Å²) in [6.07, 6.45) is 0.878. The van der Waals surface area contributed by atoms with Gasteiger partial charge in [-0.25, -0.2) is 4.79 Å². The van der Waals surface area contributed by atoms with Crippen molar-refractivity contribution in [3.63, 3.8) is 0 Å². The Morgan fingerprint density at radius 3 is 2.45 bits per heavy atom. The van der Waals surface area contributed by atoms with Crippen molar-refractivity contribution >= 4 is 32.9 Å². The number of methoxy groups -OCH3 is 1. The molecular weight excluding hydrogens is 324 g/mol. The SMILES string of the molecule is CCCn1c(=O)n(CC(Br)C(=O)OC)c2ccccc21. The molecule has 0 saturated heterocycles. The van der Waals surface area contributed by atoms with E-state index in [2.05, 4.69) is 20.7 Å². The molecule has 0 aliphatic rings. The third-order valence-electron chi connectivity index (χ3n) is 3.17. The van der Waals surface area contributed by atoms with Crippen LogP contribution < -0.4 is 5.69 Å².